The number of hydrogen-bond acceptors (Lipinski definition) is 0. The van der Waals surface area contributed by atoms with E-state index in [0.29, 0.717) is 4.83 Å². The van der Waals surface area contributed by atoms with Gasteiger partial charge >= 0.3 is 0 Å². The van der Waals surface area contributed by atoms with Crippen molar-refractivity contribution in [1.82, 2.24) is 0 Å². The highest BCUT2D eigenvalue weighted by Gasteiger charge is 2.28. The third-order valence-electron chi connectivity index (χ3n) is 3.13. The molecule has 0 heterocycles. The molecule has 0 aliphatic heterocycles. The zero-order valence-electron chi connectivity index (χ0n) is 8.97. The molecule has 0 amide bonds. The van der Waals surface area contributed by atoms with Gasteiger partial charge in [-0.3, -0.25) is 0 Å². The topological polar surface area (TPSA) is 0 Å². The molecule has 0 bridgehead atoms. The SMILES string of the molecule is Cc1cc(F)ccc1CCC(Br)C1CC1. The highest BCUT2D eigenvalue weighted by atomic mass is 79.9. The Morgan fingerprint density at radius 1 is 1.47 bits per heavy atom. The second-order valence-electron chi connectivity index (χ2n) is 4.46. The van der Waals surface area contributed by atoms with Crippen LogP contribution in [0.25, 0.3) is 0 Å². The van der Waals surface area contributed by atoms with Gasteiger partial charge < -0.3 is 0 Å². The average molecular weight is 271 g/mol. The lowest BCUT2D eigenvalue weighted by molar-refractivity contribution is 0.624. The number of benzene rings is 1. The first-order valence-electron chi connectivity index (χ1n) is 5.56. The normalized spacial score (nSPS) is 17.8. The van der Waals surface area contributed by atoms with Gasteiger partial charge in [-0.15, -0.1) is 0 Å². The molecule has 1 fully saturated rings. The second kappa shape index (κ2) is 4.65. The number of alkyl halides is 1. The van der Waals surface area contributed by atoms with Crippen molar-refractivity contribution in [2.75, 3.05) is 0 Å². The Morgan fingerprint density at radius 2 is 2.20 bits per heavy atom. The summed E-state index contributed by atoms with van der Waals surface area (Å²) in [6, 6.07) is 5.09. The van der Waals surface area contributed by atoms with E-state index >= 15 is 0 Å². The predicted octanol–water partition coefficient (Wildman–Crippen LogP) is 4.24. The van der Waals surface area contributed by atoms with Crippen molar-refractivity contribution in [2.24, 2.45) is 5.92 Å². The van der Waals surface area contributed by atoms with Crippen molar-refractivity contribution in [1.29, 1.82) is 0 Å². The summed E-state index contributed by atoms with van der Waals surface area (Å²) in [5, 5.41) is 0. The van der Waals surface area contributed by atoms with Crippen LogP contribution in [0.3, 0.4) is 0 Å². The zero-order chi connectivity index (χ0) is 10.8. The number of rotatable bonds is 4. The summed E-state index contributed by atoms with van der Waals surface area (Å²) in [5.41, 5.74) is 2.35. The Hall–Kier alpha value is -0.370. The Morgan fingerprint density at radius 3 is 2.80 bits per heavy atom. The minimum atomic E-state index is -0.131. The largest absolute Gasteiger partial charge is 0.207 e. The van der Waals surface area contributed by atoms with E-state index in [1.165, 1.54) is 18.4 Å². The van der Waals surface area contributed by atoms with Crippen molar-refractivity contribution >= 4 is 15.9 Å². The van der Waals surface area contributed by atoms with E-state index in [9.17, 15) is 4.39 Å². The van der Waals surface area contributed by atoms with Gasteiger partial charge in [0.05, 0.1) is 0 Å². The van der Waals surface area contributed by atoms with E-state index in [1.54, 1.807) is 12.1 Å². The van der Waals surface area contributed by atoms with Crippen molar-refractivity contribution in [3.63, 3.8) is 0 Å². The third-order valence-corrected chi connectivity index (χ3v) is 4.33. The molecule has 0 saturated heterocycles. The zero-order valence-corrected chi connectivity index (χ0v) is 10.6. The first kappa shape index (κ1) is 11.1. The molecule has 1 atom stereocenters. The van der Waals surface area contributed by atoms with Crippen LogP contribution in [-0.2, 0) is 6.42 Å². The molecular formula is C13H16BrF. The molecule has 1 aromatic carbocycles. The van der Waals surface area contributed by atoms with Gasteiger partial charge in [-0.2, -0.15) is 0 Å². The van der Waals surface area contributed by atoms with Crippen LogP contribution in [0, 0.1) is 18.7 Å². The molecule has 1 aromatic rings. The van der Waals surface area contributed by atoms with Crippen LogP contribution in [0.5, 0.6) is 0 Å². The molecule has 15 heavy (non-hydrogen) atoms. The van der Waals surface area contributed by atoms with Crippen LogP contribution in [0.15, 0.2) is 18.2 Å². The fourth-order valence-corrected chi connectivity index (χ4v) is 2.68. The van der Waals surface area contributed by atoms with E-state index < -0.39 is 0 Å². The van der Waals surface area contributed by atoms with Crippen LogP contribution in [0.1, 0.15) is 30.4 Å². The predicted molar refractivity (Wildman–Crippen MR) is 64.9 cm³/mol. The maximum absolute atomic E-state index is 12.9. The fourth-order valence-electron chi connectivity index (χ4n) is 1.93. The number of aryl methyl sites for hydroxylation is 2. The van der Waals surface area contributed by atoms with Crippen LogP contribution < -0.4 is 0 Å². The van der Waals surface area contributed by atoms with E-state index in [0.717, 1.165) is 24.3 Å². The van der Waals surface area contributed by atoms with E-state index in [-0.39, 0.29) is 5.82 Å². The van der Waals surface area contributed by atoms with Gasteiger partial charge in [0.25, 0.3) is 0 Å². The average Bonchev–Trinajstić information content (AvgIpc) is 2.99. The second-order valence-corrected chi connectivity index (χ2v) is 5.64. The van der Waals surface area contributed by atoms with Crippen LogP contribution in [-0.4, -0.2) is 4.83 Å². The molecule has 0 aromatic heterocycles. The smallest absolute Gasteiger partial charge is 0.123 e. The van der Waals surface area contributed by atoms with Gasteiger partial charge in [-0.1, -0.05) is 22.0 Å². The van der Waals surface area contributed by atoms with Gasteiger partial charge in [-0.25, -0.2) is 4.39 Å². The van der Waals surface area contributed by atoms with E-state index in [1.807, 2.05) is 13.0 Å². The Bertz CT molecular complexity index is 344. The van der Waals surface area contributed by atoms with Crippen molar-refractivity contribution in [2.45, 2.75) is 37.4 Å². The molecule has 1 saturated carbocycles. The Balaban J connectivity index is 1.92. The number of halogens is 2. The third kappa shape index (κ3) is 3.04. The van der Waals surface area contributed by atoms with Crippen LogP contribution in [0.2, 0.25) is 0 Å². The van der Waals surface area contributed by atoms with Gasteiger partial charge in [0.1, 0.15) is 5.82 Å². The molecule has 2 heteroatoms. The highest BCUT2D eigenvalue weighted by molar-refractivity contribution is 9.09. The molecule has 0 spiro atoms. The fraction of sp³-hybridized carbons (Fsp3) is 0.538. The van der Waals surface area contributed by atoms with Crippen LogP contribution in [0.4, 0.5) is 4.39 Å². The van der Waals surface area contributed by atoms with E-state index in [4.69, 9.17) is 0 Å². The van der Waals surface area contributed by atoms with Crippen molar-refractivity contribution < 1.29 is 4.39 Å². The van der Waals surface area contributed by atoms with Gasteiger partial charge in [0.2, 0.25) is 0 Å². The van der Waals surface area contributed by atoms with Crippen molar-refractivity contribution in [3.8, 4) is 0 Å². The first-order valence-corrected chi connectivity index (χ1v) is 6.47. The summed E-state index contributed by atoms with van der Waals surface area (Å²) >= 11 is 3.73. The van der Waals surface area contributed by atoms with E-state index in [2.05, 4.69) is 15.9 Å². The summed E-state index contributed by atoms with van der Waals surface area (Å²) in [6.45, 7) is 1.98. The van der Waals surface area contributed by atoms with Gasteiger partial charge in [0.15, 0.2) is 0 Å². The van der Waals surface area contributed by atoms with Gasteiger partial charge in [0, 0.05) is 4.83 Å². The maximum Gasteiger partial charge on any atom is 0.123 e. The lowest BCUT2D eigenvalue weighted by Crippen LogP contribution is -2.03. The minimum Gasteiger partial charge on any atom is -0.207 e. The molecule has 0 nitrogen and oxygen atoms in total. The maximum atomic E-state index is 12.9. The molecule has 1 aliphatic carbocycles. The summed E-state index contributed by atoms with van der Waals surface area (Å²) in [5.74, 6) is 0.764. The molecule has 1 aliphatic rings. The standard InChI is InChI=1S/C13H16BrF/c1-9-8-12(15)6-4-10(9)5-7-13(14)11-2-3-11/h4,6,8,11,13H,2-3,5,7H2,1H3. The van der Waals surface area contributed by atoms with Gasteiger partial charge in [-0.05, 0) is 61.8 Å². The molecule has 0 radical (unpaired) electrons. The summed E-state index contributed by atoms with van der Waals surface area (Å²) in [7, 11) is 0. The van der Waals surface area contributed by atoms with Crippen molar-refractivity contribution in [3.05, 3.63) is 35.1 Å². The summed E-state index contributed by atoms with van der Waals surface area (Å²) in [4.78, 5) is 0.655. The molecule has 82 valence electrons. The summed E-state index contributed by atoms with van der Waals surface area (Å²) < 4.78 is 12.9. The molecule has 0 N–H and O–H groups in total. The lowest BCUT2D eigenvalue weighted by Gasteiger charge is -2.09. The van der Waals surface area contributed by atoms with Crippen LogP contribution >= 0.6 is 15.9 Å². The lowest BCUT2D eigenvalue weighted by atomic mass is 10.0. The molecule has 1 unspecified atom stereocenters. The quantitative estimate of drug-likeness (QED) is 0.718. The monoisotopic (exact) mass is 270 g/mol. The molecule has 2 rings (SSSR count). The highest BCUT2D eigenvalue weighted by Crippen LogP contribution is 2.38. The summed E-state index contributed by atoms with van der Waals surface area (Å²) in [6.07, 6.45) is 4.96. The Labute approximate surface area is 99.0 Å². The number of hydrogen-bond donors (Lipinski definition) is 0. The Kier molecular flexibility index (Phi) is 3.45. The first-order chi connectivity index (χ1) is 7.16. The minimum absolute atomic E-state index is 0.131. The molecular weight excluding hydrogens is 255 g/mol.